The highest BCUT2D eigenvalue weighted by Gasteiger charge is 2.27. The molecule has 1 aromatic rings. The van der Waals surface area contributed by atoms with Crippen LogP contribution < -0.4 is 4.74 Å². The second kappa shape index (κ2) is 10.2. The molecule has 0 unspecified atom stereocenters. The third-order valence-electron chi connectivity index (χ3n) is 4.18. The SMILES string of the molecule is CCCCc1ccc(OCC(CS)(CCC)CCC)cc1. The largest absolute Gasteiger partial charge is 0.493 e. The van der Waals surface area contributed by atoms with Gasteiger partial charge in [-0.05, 0) is 49.1 Å². The molecule has 21 heavy (non-hydrogen) atoms. The number of benzene rings is 1. The number of aryl methyl sites for hydroxylation is 1. The molecule has 0 aliphatic carbocycles. The van der Waals surface area contributed by atoms with Crippen LogP contribution in [0.2, 0.25) is 0 Å². The van der Waals surface area contributed by atoms with E-state index in [9.17, 15) is 0 Å². The van der Waals surface area contributed by atoms with Crippen molar-refractivity contribution in [1.29, 1.82) is 0 Å². The molecule has 2 heteroatoms. The van der Waals surface area contributed by atoms with Crippen molar-refractivity contribution in [2.45, 2.75) is 65.7 Å². The van der Waals surface area contributed by atoms with Crippen molar-refractivity contribution in [3.63, 3.8) is 0 Å². The van der Waals surface area contributed by atoms with Crippen molar-refractivity contribution in [2.75, 3.05) is 12.4 Å². The number of unbranched alkanes of at least 4 members (excludes halogenated alkanes) is 1. The molecule has 0 heterocycles. The molecular weight excluding hydrogens is 276 g/mol. The topological polar surface area (TPSA) is 9.23 Å². The van der Waals surface area contributed by atoms with Crippen LogP contribution in [0.5, 0.6) is 5.75 Å². The molecule has 0 atom stereocenters. The Bertz CT molecular complexity index is 366. The van der Waals surface area contributed by atoms with Gasteiger partial charge in [0.2, 0.25) is 0 Å². The Morgan fingerprint density at radius 1 is 0.952 bits per heavy atom. The van der Waals surface area contributed by atoms with Crippen LogP contribution in [0.4, 0.5) is 0 Å². The third kappa shape index (κ3) is 6.34. The first-order valence-electron chi connectivity index (χ1n) is 8.52. The van der Waals surface area contributed by atoms with E-state index >= 15 is 0 Å². The highest BCUT2D eigenvalue weighted by Crippen LogP contribution is 2.32. The fourth-order valence-electron chi connectivity index (χ4n) is 2.90. The molecule has 0 bridgehead atoms. The van der Waals surface area contributed by atoms with Crippen LogP contribution in [0.1, 0.15) is 64.9 Å². The minimum Gasteiger partial charge on any atom is -0.493 e. The van der Waals surface area contributed by atoms with Crippen LogP contribution in [0.3, 0.4) is 0 Å². The lowest BCUT2D eigenvalue weighted by atomic mass is 9.82. The number of thiol groups is 1. The number of hydrogen-bond donors (Lipinski definition) is 1. The van der Waals surface area contributed by atoms with E-state index in [4.69, 9.17) is 4.74 Å². The minimum atomic E-state index is 0.230. The van der Waals surface area contributed by atoms with Crippen molar-refractivity contribution in [2.24, 2.45) is 5.41 Å². The zero-order valence-corrected chi connectivity index (χ0v) is 14.9. The molecule has 0 aliphatic rings. The Balaban J connectivity index is 2.58. The van der Waals surface area contributed by atoms with Gasteiger partial charge >= 0.3 is 0 Å². The maximum atomic E-state index is 6.08. The summed E-state index contributed by atoms with van der Waals surface area (Å²) in [7, 11) is 0. The molecule has 0 aromatic heterocycles. The first kappa shape index (κ1) is 18.4. The van der Waals surface area contributed by atoms with Gasteiger partial charge in [0.05, 0.1) is 6.61 Å². The van der Waals surface area contributed by atoms with E-state index in [0.717, 1.165) is 18.1 Å². The van der Waals surface area contributed by atoms with E-state index < -0.39 is 0 Å². The Morgan fingerprint density at radius 2 is 1.57 bits per heavy atom. The van der Waals surface area contributed by atoms with Gasteiger partial charge in [0, 0.05) is 5.41 Å². The summed E-state index contributed by atoms with van der Waals surface area (Å²) in [6.45, 7) is 7.51. The third-order valence-corrected chi connectivity index (χ3v) is 4.85. The summed E-state index contributed by atoms with van der Waals surface area (Å²) in [5, 5.41) is 0. The van der Waals surface area contributed by atoms with Crippen LogP contribution >= 0.6 is 12.6 Å². The highest BCUT2D eigenvalue weighted by molar-refractivity contribution is 7.80. The molecule has 1 nitrogen and oxygen atoms in total. The number of ether oxygens (including phenoxy) is 1. The maximum absolute atomic E-state index is 6.08. The van der Waals surface area contributed by atoms with E-state index in [1.165, 1.54) is 50.5 Å². The number of hydrogen-bond acceptors (Lipinski definition) is 2. The Hall–Kier alpha value is -0.630. The summed E-state index contributed by atoms with van der Waals surface area (Å²) in [6, 6.07) is 8.64. The minimum absolute atomic E-state index is 0.230. The Kier molecular flexibility index (Phi) is 8.91. The van der Waals surface area contributed by atoms with Crippen LogP contribution in [-0.2, 0) is 6.42 Å². The Labute approximate surface area is 136 Å². The van der Waals surface area contributed by atoms with Crippen molar-refractivity contribution in [3.8, 4) is 5.75 Å². The molecular formula is C19H32OS. The van der Waals surface area contributed by atoms with E-state index in [1.54, 1.807) is 0 Å². The van der Waals surface area contributed by atoms with Crippen LogP contribution in [0, 0.1) is 5.41 Å². The van der Waals surface area contributed by atoms with Crippen molar-refractivity contribution < 1.29 is 4.74 Å². The zero-order valence-electron chi connectivity index (χ0n) is 14.0. The van der Waals surface area contributed by atoms with Gasteiger partial charge in [0.15, 0.2) is 0 Å². The predicted molar refractivity (Wildman–Crippen MR) is 96.7 cm³/mol. The van der Waals surface area contributed by atoms with Gasteiger partial charge in [-0.1, -0.05) is 52.2 Å². The van der Waals surface area contributed by atoms with Gasteiger partial charge in [-0.15, -0.1) is 0 Å². The number of rotatable bonds is 11. The molecule has 1 rings (SSSR count). The molecule has 0 N–H and O–H groups in total. The van der Waals surface area contributed by atoms with Gasteiger partial charge in [0.25, 0.3) is 0 Å². The molecule has 1 aromatic carbocycles. The molecule has 0 spiro atoms. The quantitative estimate of drug-likeness (QED) is 0.499. The summed E-state index contributed by atoms with van der Waals surface area (Å²) in [5.41, 5.74) is 1.64. The van der Waals surface area contributed by atoms with Gasteiger partial charge in [0.1, 0.15) is 5.75 Å². The van der Waals surface area contributed by atoms with Crippen LogP contribution in [0.15, 0.2) is 24.3 Å². The lowest BCUT2D eigenvalue weighted by Gasteiger charge is -2.31. The van der Waals surface area contributed by atoms with E-state index in [1.807, 2.05) is 0 Å². The molecule has 120 valence electrons. The highest BCUT2D eigenvalue weighted by atomic mass is 32.1. The van der Waals surface area contributed by atoms with E-state index in [-0.39, 0.29) is 5.41 Å². The summed E-state index contributed by atoms with van der Waals surface area (Å²) in [6.07, 6.45) is 8.45. The zero-order chi connectivity index (χ0) is 15.6. The van der Waals surface area contributed by atoms with Crippen molar-refractivity contribution in [1.82, 2.24) is 0 Å². The Morgan fingerprint density at radius 3 is 2.05 bits per heavy atom. The smallest absolute Gasteiger partial charge is 0.119 e. The van der Waals surface area contributed by atoms with Gasteiger partial charge < -0.3 is 4.74 Å². The normalized spacial score (nSPS) is 11.6. The second-order valence-electron chi connectivity index (χ2n) is 6.19. The first-order valence-corrected chi connectivity index (χ1v) is 9.15. The van der Waals surface area contributed by atoms with Crippen LogP contribution in [-0.4, -0.2) is 12.4 Å². The van der Waals surface area contributed by atoms with Gasteiger partial charge in [-0.3, -0.25) is 0 Å². The molecule has 0 radical (unpaired) electrons. The maximum Gasteiger partial charge on any atom is 0.119 e. The predicted octanol–water partition coefficient (Wildman–Crippen LogP) is 5.92. The molecule has 0 amide bonds. The summed E-state index contributed by atoms with van der Waals surface area (Å²) < 4.78 is 6.08. The second-order valence-corrected chi connectivity index (χ2v) is 6.51. The summed E-state index contributed by atoms with van der Waals surface area (Å²) >= 11 is 4.59. The fourth-order valence-corrected chi connectivity index (χ4v) is 3.31. The van der Waals surface area contributed by atoms with E-state index in [2.05, 4.69) is 57.7 Å². The lowest BCUT2D eigenvalue weighted by molar-refractivity contribution is 0.143. The fraction of sp³-hybridized carbons (Fsp3) is 0.684. The summed E-state index contributed by atoms with van der Waals surface area (Å²) in [5.74, 6) is 1.90. The molecule has 0 saturated heterocycles. The summed E-state index contributed by atoms with van der Waals surface area (Å²) in [4.78, 5) is 0. The molecule has 0 saturated carbocycles. The lowest BCUT2D eigenvalue weighted by Crippen LogP contribution is -2.30. The molecule has 0 aliphatic heterocycles. The van der Waals surface area contributed by atoms with E-state index in [0.29, 0.717) is 0 Å². The first-order chi connectivity index (χ1) is 10.2. The van der Waals surface area contributed by atoms with Crippen molar-refractivity contribution in [3.05, 3.63) is 29.8 Å². The monoisotopic (exact) mass is 308 g/mol. The standard InChI is InChI=1S/C19H32OS/c1-4-7-8-17-9-11-18(12-10-17)20-15-19(16-21,13-5-2)14-6-3/h9-12,21H,4-8,13-16H2,1-3H3. The van der Waals surface area contributed by atoms with Gasteiger partial charge in [-0.2, -0.15) is 12.6 Å². The van der Waals surface area contributed by atoms with Gasteiger partial charge in [-0.25, -0.2) is 0 Å². The molecule has 0 fully saturated rings. The average Bonchev–Trinajstić information content (AvgIpc) is 2.52. The average molecular weight is 309 g/mol. The van der Waals surface area contributed by atoms with Crippen LogP contribution in [0.25, 0.3) is 0 Å². The van der Waals surface area contributed by atoms with Crippen molar-refractivity contribution >= 4 is 12.6 Å².